The van der Waals surface area contributed by atoms with Crippen LogP contribution in [0.1, 0.15) is 24.9 Å². The van der Waals surface area contributed by atoms with Gasteiger partial charge in [0.15, 0.2) is 0 Å². The number of hydrogen-bond donors (Lipinski definition) is 2. The van der Waals surface area contributed by atoms with E-state index < -0.39 is 5.69 Å². The number of nitrogens with one attached hydrogen (secondary N) is 2. The van der Waals surface area contributed by atoms with Gasteiger partial charge in [-0.3, -0.25) is 19.3 Å². The summed E-state index contributed by atoms with van der Waals surface area (Å²) < 4.78 is 6.43. The zero-order valence-corrected chi connectivity index (χ0v) is 14.7. The molecule has 1 aliphatic heterocycles. The van der Waals surface area contributed by atoms with Gasteiger partial charge in [-0.25, -0.2) is 4.79 Å². The zero-order valence-electron chi connectivity index (χ0n) is 14.7. The Morgan fingerprint density at radius 1 is 1.44 bits per heavy atom. The van der Waals surface area contributed by atoms with Crippen molar-refractivity contribution in [3.8, 4) is 5.75 Å². The first-order valence-corrected chi connectivity index (χ1v) is 8.29. The summed E-state index contributed by atoms with van der Waals surface area (Å²) in [6.45, 7) is 3.59. The Morgan fingerprint density at radius 3 is 2.96 bits per heavy atom. The minimum atomic E-state index is -0.395. The second-order valence-corrected chi connectivity index (χ2v) is 6.29. The van der Waals surface area contributed by atoms with Crippen LogP contribution in [0.25, 0.3) is 0 Å². The molecule has 1 saturated heterocycles. The lowest BCUT2D eigenvalue weighted by Crippen LogP contribution is -2.37. The molecule has 2 atom stereocenters. The van der Waals surface area contributed by atoms with E-state index in [9.17, 15) is 9.59 Å². The van der Waals surface area contributed by atoms with Crippen LogP contribution >= 0.6 is 0 Å². The van der Waals surface area contributed by atoms with E-state index in [0.717, 1.165) is 35.4 Å². The van der Waals surface area contributed by atoms with Gasteiger partial charge in [0.1, 0.15) is 11.6 Å². The number of pyridine rings is 1. The number of aromatic amines is 1. The van der Waals surface area contributed by atoms with Crippen LogP contribution in [0.15, 0.2) is 34.1 Å². The van der Waals surface area contributed by atoms with Crippen molar-refractivity contribution in [3.63, 3.8) is 0 Å². The molecule has 25 heavy (non-hydrogen) atoms. The number of aromatic nitrogens is 3. The molecule has 134 valence electrons. The van der Waals surface area contributed by atoms with Crippen molar-refractivity contribution < 1.29 is 4.74 Å². The lowest BCUT2D eigenvalue weighted by molar-refractivity contribution is 0.393. The highest BCUT2D eigenvalue weighted by Gasteiger charge is 2.26. The quantitative estimate of drug-likeness (QED) is 0.815. The second kappa shape index (κ2) is 7.10. The van der Waals surface area contributed by atoms with Gasteiger partial charge in [0.25, 0.3) is 5.56 Å². The average molecular weight is 345 g/mol. The number of H-pyrrole nitrogens is 1. The predicted molar refractivity (Wildman–Crippen MR) is 95.3 cm³/mol. The highest BCUT2D eigenvalue weighted by Crippen LogP contribution is 2.25. The molecule has 1 unspecified atom stereocenters. The summed E-state index contributed by atoms with van der Waals surface area (Å²) >= 11 is 0. The van der Waals surface area contributed by atoms with Gasteiger partial charge in [0.2, 0.25) is 0 Å². The third-order valence-electron chi connectivity index (χ3n) is 4.65. The minimum Gasteiger partial charge on any atom is -0.495 e. The van der Waals surface area contributed by atoms with Gasteiger partial charge < -0.3 is 15.0 Å². The average Bonchev–Trinajstić information content (AvgIpc) is 3.07. The zero-order chi connectivity index (χ0) is 18.0. The van der Waals surface area contributed by atoms with Crippen LogP contribution in [0, 0.1) is 0 Å². The third kappa shape index (κ3) is 3.58. The summed E-state index contributed by atoms with van der Waals surface area (Å²) in [7, 11) is 3.10. The van der Waals surface area contributed by atoms with Gasteiger partial charge in [-0.1, -0.05) is 0 Å². The molecular weight excluding hydrogens is 322 g/mol. The van der Waals surface area contributed by atoms with Gasteiger partial charge in [0, 0.05) is 50.0 Å². The lowest BCUT2D eigenvalue weighted by Gasteiger charge is -2.22. The fourth-order valence-corrected chi connectivity index (χ4v) is 3.19. The van der Waals surface area contributed by atoms with Crippen LogP contribution in [-0.4, -0.2) is 40.8 Å². The van der Waals surface area contributed by atoms with Crippen LogP contribution in [0.5, 0.6) is 5.75 Å². The Balaban J connectivity index is 1.69. The molecule has 0 aliphatic carbocycles. The Kier molecular flexibility index (Phi) is 4.89. The normalized spacial score (nSPS) is 18.4. The predicted octanol–water partition coefficient (Wildman–Crippen LogP) is 0.407. The Labute approximate surface area is 145 Å². The van der Waals surface area contributed by atoms with Crippen LogP contribution in [0.4, 0.5) is 5.82 Å². The monoisotopic (exact) mass is 345 g/mol. The molecule has 0 spiro atoms. The number of rotatable bonds is 5. The first-order chi connectivity index (χ1) is 12.0. The molecule has 8 heteroatoms. The summed E-state index contributed by atoms with van der Waals surface area (Å²) in [4.78, 5) is 32.5. The van der Waals surface area contributed by atoms with E-state index in [0.29, 0.717) is 5.82 Å². The lowest BCUT2D eigenvalue weighted by atomic mass is 10.1. The van der Waals surface area contributed by atoms with E-state index in [-0.39, 0.29) is 17.6 Å². The SMILES string of the molecule is COc1cnccc1C(C)N[C@H]1CCN(c2cc(=O)n(C)c(=O)[nH]2)C1. The molecular formula is C17H23N5O3. The fraction of sp³-hybridized carbons (Fsp3) is 0.471. The van der Waals surface area contributed by atoms with Gasteiger partial charge in [-0.05, 0) is 19.4 Å². The van der Waals surface area contributed by atoms with Gasteiger partial charge >= 0.3 is 5.69 Å². The van der Waals surface area contributed by atoms with Crippen molar-refractivity contribution in [3.05, 3.63) is 50.9 Å². The van der Waals surface area contributed by atoms with E-state index in [1.165, 1.54) is 13.1 Å². The molecule has 1 fully saturated rings. The summed E-state index contributed by atoms with van der Waals surface area (Å²) in [6, 6.07) is 3.77. The Bertz CT molecular complexity index is 829. The van der Waals surface area contributed by atoms with Crippen LogP contribution in [0.3, 0.4) is 0 Å². The fourth-order valence-electron chi connectivity index (χ4n) is 3.19. The van der Waals surface area contributed by atoms with Crippen molar-refractivity contribution in [2.75, 3.05) is 25.1 Å². The van der Waals surface area contributed by atoms with Crippen molar-refractivity contribution in [1.82, 2.24) is 19.9 Å². The van der Waals surface area contributed by atoms with E-state index in [1.54, 1.807) is 19.5 Å². The van der Waals surface area contributed by atoms with Gasteiger partial charge in [-0.15, -0.1) is 0 Å². The molecule has 0 bridgehead atoms. The summed E-state index contributed by atoms with van der Waals surface area (Å²) in [5.74, 6) is 1.33. The van der Waals surface area contributed by atoms with Gasteiger partial charge in [0.05, 0.1) is 13.3 Å². The van der Waals surface area contributed by atoms with Crippen molar-refractivity contribution in [2.45, 2.75) is 25.4 Å². The summed E-state index contributed by atoms with van der Waals surface area (Å²) in [6.07, 6.45) is 4.38. The highest BCUT2D eigenvalue weighted by molar-refractivity contribution is 5.39. The Hall–Kier alpha value is -2.61. The van der Waals surface area contributed by atoms with Crippen LogP contribution in [0.2, 0.25) is 0 Å². The van der Waals surface area contributed by atoms with E-state index >= 15 is 0 Å². The molecule has 3 rings (SSSR count). The molecule has 0 radical (unpaired) electrons. The summed E-state index contributed by atoms with van der Waals surface area (Å²) in [5, 5.41) is 3.59. The number of anilines is 1. The molecule has 0 saturated carbocycles. The van der Waals surface area contributed by atoms with Crippen molar-refractivity contribution in [2.24, 2.45) is 7.05 Å². The van der Waals surface area contributed by atoms with Crippen molar-refractivity contribution in [1.29, 1.82) is 0 Å². The number of ether oxygens (including phenoxy) is 1. The van der Waals surface area contributed by atoms with E-state index in [1.807, 2.05) is 11.0 Å². The first-order valence-electron chi connectivity index (χ1n) is 8.29. The minimum absolute atomic E-state index is 0.102. The smallest absolute Gasteiger partial charge is 0.329 e. The molecule has 3 heterocycles. The highest BCUT2D eigenvalue weighted by atomic mass is 16.5. The molecule has 2 N–H and O–H groups in total. The maximum absolute atomic E-state index is 11.8. The number of nitrogens with zero attached hydrogens (tertiary/aromatic N) is 3. The molecule has 8 nitrogen and oxygen atoms in total. The van der Waals surface area contributed by atoms with Crippen molar-refractivity contribution >= 4 is 5.82 Å². The molecule has 0 amide bonds. The number of methoxy groups -OCH3 is 1. The third-order valence-corrected chi connectivity index (χ3v) is 4.65. The van der Waals surface area contributed by atoms with Crippen LogP contribution < -0.4 is 26.2 Å². The summed E-state index contributed by atoms with van der Waals surface area (Å²) in [5.41, 5.74) is 0.358. The molecule has 1 aliphatic rings. The van der Waals surface area contributed by atoms with E-state index in [4.69, 9.17) is 4.74 Å². The number of hydrogen-bond acceptors (Lipinski definition) is 6. The maximum atomic E-state index is 11.8. The van der Waals surface area contributed by atoms with E-state index in [2.05, 4.69) is 22.2 Å². The van der Waals surface area contributed by atoms with Gasteiger partial charge in [-0.2, -0.15) is 0 Å². The second-order valence-electron chi connectivity index (χ2n) is 6.29. The standard InChI is InChI=1S/C17H23N5O3/c1-11(13-4-6-18-9-14(13)25-3)19-12-5-7-22(10-12)15-8-16(23)21(2)17(24)20-15/h4,6,8-9,11-12,19H,5,7,10H2,1-3H3,(H,20,24)/t11?,12-/m0/s1. The largest absolute Gasteiger partial charge is 0.495 e. The molecule has 0 aromatic carbocycles. The van der Waals surface area contributed by atoms with Crippen LogP contribution in [-0.2, 0) is 7.05 Å². The molecule has 2 aromatic rings. The Morgan fingerprint density at radius 2 is 2.24 bits per heavy atom. The first kappa shape index (κ1) is 17.2. The molecule has 2 aromatic heterocycles. The maximum Gasteiger partial charge on any atom is 0.329 e. The topological polar surface area (TPSA) is 92.2 Å².